The van der Waals surface area contributed by atoms with E-state index >= 15 is 0 Å². The van der Waals surface area contributed by atoms with Crippen molar-refractivity contribution in [3.8, 4) is 0 Å². The fraction of sp³-hybridized carbons (Fsp3) is 0.389. The molecule has 9 heteroatoms. The Morgan fingerprint density at radius 1 is 1.37 bits per heavy atom. The van der Waals surface area contributed by atoms with Crippen LogP contribution in [-0.2, 0) is 15.2 Å². The number of nitrogens with two attached hydrogens (primary N) is 1. The van der Waals surface area contributed by atoms with Gasteiger partial charge in [0, 0.05) is 25.9 Å². The van der Waals surface area contributed by atoms with Gasteiger partial charge < -0.3 is 25.4 Å². The molecule has 0 bridgehead atoms. The monoisotopic (exact) mass is 389 g/mol. The van der Waals surface area contributed by atoms with Crippen LogP contribution < -0.4 is 16.0 Å². The van der Waals surface area contributed by atoms with Crippen molar-refractivity contribution in [2.75, 3.05) is 56.4 Å². The van der Waals surface area contributed by atoms with Gasteiger partial charge >= 0.3 is 5.97 Å². The largest absolute Gasteiger partial charge is 0.465 e. The van der Waals surface area contributed by atoms with E-state index in [0.29, 0.717) is 41.2 Å². The van der Waals surface area contributed by atoms with Gasteiger partial charge in [-0.2, -0.15) is 0 Å². The zero-order chi connectivity index (χ0) is 19.2. The SMILES string of the molecule is CNc1nc(SCc2cccc(C(=O)OC)c2)nc(N2CCOCC2)c1N. The number of aromatic nitrogens is 2. The number of carbonyl (C=O) groups is 1. The number of benzene rings is 1. The van der Waals surface area contributed by atoms with Gasteiger partial charge in [0.1, 0.15) is 5.69 Å². The molecule has 1 aromatic heterocycles. The number of nitrogens with zero attached hydrogens (tertiary/aromatic N) is 3. The molecule has 1 fully saturated rings. The van der Waals surface area contributed by atoms with E-state index in [9.17, 15) is 4.79 Å². The lowest BCUT2D eigenvalue weighted by atomic mass is 10.1. The van der Waals surface area contributed by atoms with Crippen LogP contribution in [0.5, 0.6) is 0 Å². The summed E-state index contributed by atoms with van der Waals surface area (Å²) in [6, 6.07) is 7.34. The number of hydrogen-bond acceptors (Lipinski definition) is 9. The van der Waals surface area contributed by atoms with Crippen molar-refractivity contribution in [1.82, 2.24) is 9.97 Å². The van der Waals surface area contributed by atoms with Gasteiger partial charge in [0.2, 0.25) is 0 Å². The van der Waals surface area contributed by atoms with Gasteiger partial charge in [-0.1, -0.05) is 23.9 Å². The zero-order valence-electron chi connectivity index (χ0n) is 15.4. The molecule has 2 heterocycles. The number of thioether (sulfide) groups is 1. The first kappa shape index (κ1) is 19.2. The van der Waals surface area contributed by atoms with E-state index in [1.54, 1.807) is 13.1 Å². The second kappa shape index (κ2) is 8.92. The van der Waals surface area contributed by atoms with Gasteiger partial charge in [-0.15, -0.1) is 0 Å². The molecule has 1 saturated heterocycles. The molecule has 0 aliphatic carbocycles. The minimum atomic E-state index is -0.349. The van der Waals surface area contributed by atoms with E-state index in [2.05, 4.69) is 20.2 Å². The lowest BCUT2D eigenvalue weighted by molar-refractivity contribution is 0.0600. The zero-order valence-corrected chi connectivity index (χ0v) is 16.2. The van der Waals surface area contributed by atoms with Crippen LogP contribution in [0.25, 0.3) is 0 Å². The van der Waals surface area contributed by atoms with Crippen molar-refractivity contribution in [3.05, 3.63) is 35.4 Å². The van der Waals surface area contributed by atoms with E-state index < -0.39 is 0 Å². The number of nitrogen functional groups attached to an aromatic ring is 1. The molecule has 2 aromatic rings. The van der Waals surface area contributed by atoms with Crippen LogP contribution in [0.15, 0.2) is 29.4 Å². The Balaban J connectivity index is 1.79. The molecule has 1 aromatic carbocycles. The summed E-state index contributed by atoms with van der Waals surface area (Å²) < 4.78 is 10.2. The van der Waals surface area contributed by atoms with Gasteiger partial charge in [0.05, 0.1) is 25.9 Å². The van der Waals surface area contributed by atoms with Gasteiger partial charge in [-0.25, -0.2) is 14.8 Å². The lowest BCUT2D eigenvalue weighted by Gasteiger charge is -2.29. The van der Waals surface area contributed by atoms with E-state index in [1.807, 2.05) is 18.2 Å². The summed E-state index contributed by atoms with van der Waals surface area (Å²) in [7, 11) is 3.16. The highest BCUT2D eigenvalue weighted by molar-refractivity contribution is 7.98. The minimum absolute atomic E-state index is 0.349. The first-order chi connectivity index (χ1) is 13.1. The Morgan fingerprint density at radius 3 is 2.85 bits per heavy atom. The molecule has 27 heavy (non-hydrogen) atoms. The van der Waals surface area contributed by atoms with E-state index in [1.165, 1.54) is 18.9 Å². The van der Waals surface area contributed by atoms with Crippen molar-refractivity contribution in [2.24, 2.45) is 0 Å². The Kier molecular flexibility index (Phi) is 6.36. The van der Waals surface area contributed by atoms with Gasteiger partial charge in [-0.05, 0) is 17.7 Å². The van der Waals surface area contributed by atoms with Gasteiger partial charge in [-0.3, -0.25) is 0 Å². The molecule has 1 aliphatic heterocycles. The number of esters is 1. The number of carbonyl (C=O) groups excluding carboxylic acids is 1. The first-order valence-electron chi connectivity index (χ1n) is 8.60. The molecule has 8 nitrogen and oxygen atoms in total. The van der Waals surface area contributed by atoms with Crippen molar-refractivity contribution in [1.29, 1.82) is 0 Å². The third-order valence-corrected chi connectivity index (χ3v) is 5.09. The summed E-state index contributed by atoms with van der Waals surface area (Å²) in [6.07, 6.45) is 0. The molecule has 0 saturated carbocycles. The third kappa shape index (κ3) is 4.61. The summed E-state index contributed by atoms with van der Waals surface area (Å²) in [4.78, 5) is 23.0. The van der Waals surface area contributed by atoms with E-state index in [0.717, 1.165) is 24.5 Å². The summed E-state index contributed by atoms with van der Waals surface area (Å²) in [5, 5.41) is 3.66. The standard InChI is InChI=1S/C18H23N5O3S/c1-20-15-14(19)16(23-6-8-26-9-7-23)22-18(21-15)27-11-12-4-3-5-13(10-12)17(24)25-2/h3-5,10H,6-9,11,19H2,1-2H3,(H,20,21,22). The minimum Gasteiger partial charge on any atom is -0.465 e. The Hall–Kier alpha value is -2.52. The number of hydrogen-bond donors (Lipinski definition) is 2. The van der Waals surface area contributed by atoms with Crippen molar-refractivity contribution in [3.63, 3.8) is 0 Å². The maximum Gasteiger partial charge on any atom is 0.337 e. The van der Waals surface area contributed by atoms with E-state index in [-0.39, 0.29) is 5.97 Å². The normalized spacial score (nSPS) is 14.1. The molecular weight excluding hydrogens is 366 g/mol. The number of methoxy groups -OCH3 is 1. The average Bonchev–Trinajstić information content (AvgIpc) is 2.73. The molecule has 0 unspecified atom stereocenters. The Morgan fingerprint density at radius 2 is 2.15 bits per heavy atom. The van der Waals surface area contributed by atoms with Crippen molar-refractivity contribution >= 4 is 35.1 Å². The molecule has 0 atom stereocenters. The van der Waals surface area contributed by atoms with Crippen LogP contribution >= 0.6 is 11.8 Å². The smallest absolute Gasteiger partial charge is 0.337 e. The van der Waals surface area contributed by atoms with Crippen molar-refractivity contribution < 1.29 is 14.3 Å². The van der Waals surface area contributed by atoms with Crippen LogP contribution in [0.1, 0.15) is 15.9 Å². The lowest BCUT2D eigenvalue weighted by Crippen LogP contribution is -2.37. The molecule has 3 N–H and O–H groups in total. The van der Waals surface area contributed by atoms with Crippen LogP contribution in [0, 0.1) is 0 Å². The third-order valence-electron chi connectivity index (χ3n) is 4.17. The molecule has 144 valence electrons. The van der Waals surface area contributed by atoms with Gasteiger partial charge in [0.25, 0.3) is 0 Å². The van der Waals surface area contributed by atoms with Crippen LogP contribution in [0.4, 0.5) is 17.3 Å². The predicted octanol–water partition coefficient (Wildman–Crippen LogP) is 2.02. The number of anilines is 3. The summed E-state index contributed by atoms with van der Waals surface area (Å²) >= 11 is 1.49. The molecule has 1 aliphatic rings. The first-order valence-corrected chi connectivity index (χ1v) is 9.59. The highest BCUT2D eigenvalue weighted by atomic mass is 32.2. The molecular formula is C18H23N5O3S. The van der Waals surface area contributed by atoms with Crippen LogP contribution in [0.2, 0.25) is 0 Å². The molecule has 0 radical (unpaired) electrons. The highest BCUT2D eigenvalue weighted by Gasteiger charge is 2.19. The summed E-state index contributed by atoms with van der Waals surface area (Å²) in [6.45, 7) is 2.80. The van der Waals surface area contributed by atoms with Gasteiger partial charge in [0.15, 0.2) is 16.8 Å². The molecule has 0 spiro atoms. The maximum absolute atomic E-state index is 11.7. The second-order valence-corrected chi connectivity index (χ2v) is 6.86. The van der Waals surface area contributed by atoms with Crippen molar-refractivity contribution in [2.45, 2.75) is 10.9 Å². The number of ether oxygens (including phenoxy) is 2. The predicted molar refractivity (Wildman–Crippen MR) is 106 cm³/mol. The Bertz CT molecular complexity index is 812. The molecule has 0 amide bonds. The fourth-order valence-corrected chi connectivity index (χ4v) is 3.54. The molecule has 3 rings (SSSR count). The summed E-state index contributed by atoms with van der Waals surface area (Å²) in [5.74, 6) is 1.61. The fourth-order valence-electron chi connectivity index (χ4n) is 2.76. The topological polar surface area (TPSA) is 103 Å². The quantitative estimate of drug-likeness (QED) is 0.436. The number of nitrogens with one attached hydrogen (secondary N) is 1. The average molecular weight is 389 g/mol. The van der Waals surface area contributed by atoms with Crippen LogP contribution in [-0.4, -0.2) is 56.4 Å². The van der Waals surface area contributed by atoms with E-state index in [4.69, 9.17) is 15.2 Å². The second-order valence-electron chi connectivity index (χ2n) is 5.92. The van der Waals surface area contributed by atoms with Crippen LogP contribution in [0.3, 0.4) is 0 Å². The number of rotatable bonds is 6. The maximum atomic E-state index is 11.7. The Labute approximate surface area is 162 Å². The number of morpholine rings is 1. The summed E-state index contributed by atoms with van der Waals surface area (Å²) in [5.41, 5.74) is 8.29. The highest BCUT2D eigenvalue weighted by Crippen LogP contribution is 2.31.